The first-order valence-electron chi connectivity index (χ1n) is 14.0. The van der Waals surface area contributed by atoms with E-state index in [0.717, 1.165) is 44.9 Å². The maximum Gasteiger partial charge on any atom is 0.336 e. The van der Waals surface area contributed by atoms with Gasteiger partial charge in [0.15, 0.2) is 17.6 Å². The predicted molar refractivity (Wildman–Crippen MR) is 150 cm³/mol. The summed E-state index contributed by atoms with van der Waals surface area (Å²) in [6, 6.07) is 0. The molecular formula is C26H43N6O7P. The number of fused-ring (bicyclic) bond motifs is 1. The molecule has 3 atom stereocenters. The van der Waals surface area contributed by atoms with Crippen LogP contribution in [-0.4, -0.2) is 68.5 Å². The number of hydrogen-bond donors (Lipinski definition) is 2. The van der Waals surface area contributed by atoms with E-state index in [-0.39, 0.29) is 25.2 Å². The van der Waals surface area contributed by atoms with Gasteiger partial charge in [-0.15, -0.1) is 0 Å². The quantitative estimate of drug-likeness (QED) is 0.158. The highest BCUT2D eigenvalue weighted by Gasteiger charge is 2.34. The monoisotopic (exact) mass is 582 g/mol. The van der Waals surface area contributed by atoms with Crippen LogP contribution in [0.2, 0.25) is 0 Å². The summed E-state index contributed by atoms with van der Waals surface area (Å²) in [7, 11) is -3.02. The molecule has 1 saturated carbocycles. The Morgan fingerprint density at radius 2 is 1.95 bits per heavy atom. The smallest absolute Gasteiger partial charge is 0.336 e. The molecular weight excluding hydrogens is 539 g/mol. The molecule has 1 unspecified atom stereocenters. The predicted octanol–water partition coefficient (Wildman–Crippen LogP) is 3.57. The molecule has 0 aliphatic heterocycles. The van der Waals surface area contributed by atoms with Gasteiger partial charge in [0.05, 0.1) is 32.2 Å². The number of esters is 2. The molecule has 2 aromatic heterocycles. The van der Waals surface area contributed by atoms with Crippen LogP contribution in [0.3, 0.4) is 0 Å². The van der Waals surface area contributed by atoms with Crippen molar-refractivity contribution in [2.24, 2.45) is 0 Å². The van der Waals surface area contributed by atoms with Crippen molar-refractivity contribution < 1.29 is 32.9 Å². The van der Waals surface area contributed by atoms with Gasteiger partial charge in [0, 0.05) is 6.42 Å². The highest BCUT2D eigenvalue weighted by molar-refractivity contribution is 7.36. The van der Waals surface area contributed by atoms with E-state index in [1.54, 1.807) is 20.2 Å². The minimum absolute atomic E-state index is 0.121. The molecule has 3 rings (SSSR count). The van der Waals surface area contributed by atoms with Crippen molar-refractivity contribution in [3.05, 3.63) is 12.7 Å². The Morgan fingerprint density at radius 1 is 1.20 bits per heavy atom. The van der Waals surface area contributed by atoms with Crippen LogP contribution >= 0.6 is 8.18 Å². The molecule has 13 nitrogen and oxygen atoms in total. The summed E-state index contributed by atoms with van der Waals surface area (Å²) >= 11 is 0. The number of anilines is 1. The average molecular weight is 583 g/mol. The molecule has 40 heavy (non-hydrogen) atoms. The summed E-state index contributed by atoms with van der Waals surface area (Å²) in [6.07, 6.45) is 7.86. The second kappa shape index (κ2) is 15.4. The van der Waals surface area contributed by atoms with Gasteiger partial charge in [0.2, 0.25) is 0 Å². The van der Waals surface area contributed by atoms with Gasteiger partial charge < -0.3 is 29.0 Å². The van der Waals surface area contributed by atoms with Gasteiger partial charge in [0.25, 0.3) is 8.18 Å². The Balaban J connectivity index is 1.55. The molecule has 224 valence electrons. The third-order valence-corrected chi connectivity index (χ3v) is 8.00. The molecule has 14 heteroatoms. The zero-order valence-electron chi connectivity index (χ0n) is 23.9. The number of ether oxygens (including phenoxy) is 3. The van der Waals surface area contributed by atoms with Gasteiger partial charge in [-0.2, -0.15) is 0 Å². The van der Waals surface area contributed by atoms with E-state index in [0.29, 0.717) is 30.1 Å². The molecule has 0 bridgehead atoms. The summed E-state index contributed by atoms with van der Waals surface area (Å²) in [5.41, 5.74) is 5.72. The normalized spacial score (nSPS) is 16.6. The Bertz CT molecular complexity index is 1140. The van der Waals surface area contributed by atoms with Crippen LogP contribution in [0.15, 0.2) is 12.7 Å². The first kappa shape index (κ1) is 31.9. The van der Waals surface area contributed by atoms with Crippen molar-refractivity contribution in [1.29, 1.82) is 0 Å². The maximum atomic E-state index is 13.0. The van der Waals surface area contributed by atoms with Crippen LogP contribution in [0.1, 0.15) is 79.1 Å². The second-order valence-corrected chi connectivity index (χ2v) is 11.7. The number of nitrogens with one attached hydrogen (secondary N) is 1. The first-order chi connectivity index (χ1) is 19.1. The third kappa shape index (κ3) is 9.50. The Kier molecular flexibility index (Phi) is 12.3. The standard InChI is InChI=1S/C26H43N6O7P/c1-5-6-9-13-37-25(34)26(3,4)31-40(35)39-20(24(33)38-19-10-7-8-11-19)12-14-36-18(2)15-32-17-30-21-22(27)28-16-29-23(21)32/h16-20,40H,5-15H2,1-4H3,(H,31,35)(H2,27,28,29)/t18-,20+/m1/s1. The summed E-state index contributed by atoms with van der Waals surface area (Å²) in [6.45, 7) is 7.95. The molecule has 2 heterocycles. The average Bonchev–Trinajstić information content (AvgIpc) is 3.56. The van der Waals surface area contributed by atoms with Gasteiger partial charge in [0.1, 0.15) is 23.5 Å². The number of carbonyl (C=O) groups excluding carboxylic acids is 2. The van der Waals surface area contributed by atoms with E-state index in [1.807, 2.05) is 11.5 Å². The van der Waals surface area contributed by atoms with Crippen molar-refractivity contribution in [1.82, 2.24) is 24.6 Å². The van der Waals surface area contributed by atoms with E-state index < -0.39 is 31.8 Å². The second-order valence-electron chi connectivity index (χ2n) is 10.6. The number of carbonyl (C=O) groups is 2. The minimum Gasteiger partial charge on any atom is -0.464 e. The van der Waals surface area contributed by atoms with E-state index in [1.165, 1.54) is 6.33 Å². The summed E-state index contributed by atoms with van der Waals surface area (Å²) in [5, 5.41) is 2.69. The highest BCUT2D eigenvalue weighted by Crippen LogP contribution is 2.28. The molecule has 1 aliphatic rings. The number of rotatable bonds is 17. The van der Waals surface area contributed by atoms with Gasteiger partial charge in [-0.05, 0) is 52.9 Å². The number of aromatic nitrogens is 4. The topological polar surface area (TPSA) is 170 Å². The van der Waals surface area contributed by atoms with Crippen molar-refractivity contribution in [2.75, 3.05) is 18.9 Å². The summed E-state index contributed by atoms with van der Waals surface area (Å²) in [5.74, 6) is -0.822. The number of unbranched alkanes of at least 4 members (excludes halogenated alkanes) is 2. The molecule has 0 aromatic carbocycles. The SMILES string of the molecule is CCCCCOC(=O)C(C)(C)N[PH](=O)O[C@@H](CCO[C@H](C)Cn1cnc2c(N)ncnc21)C(=O)OC1CCCC1. The zero-order chi connectivity index (χ0) is 29.1. The Hall–Kier alpha value is -2.60. The third-order valence-electron chi connectivity index (χ3n) is 6.67. The lowest BCUT2D eigenvalue weighted by atomic mass is 10.1. The highest BCUT2D eigenvalue weighted by atomic mass is 31.1. The summed E-state index contributed by atoms with van der Waals surface area (Å²) in [4.78, 5) is 37.9. The number of imidazole rings is 1. The molecule has 0 radical (unpaired) electrons. The number of nitrogens with zero attached hydrogens (tertiary/aromatic N) is 4. The lowest BCUT2D eigenvalue weighted by Gasteiger charge is -2.26. The van der Waals surface area contributed by atoms with E-state index in [2.05, 4.69) is 27.0 Å². The van der Waals surface area contributed by atoms with Crippen molar-refractivity contribution in [3.8, 4) is 0 Å². The lowest BCUT2D eigenvalue weighted by molar-refractivity contribution is -0.158. The fourth-order valence-electron chi connectivity index (χ4n) is 4.37. The summed E-state index contributed by atoms with van der Waals surface area (Å²) < 4.78 is 37.2. The van der Waals surface area contributed by atoms with Crippen molar-refractivity contribution in [2.45, 2.75) is 109 Å². The van der Waals surface area contributed by atoms with Gasteiger partial charge in [-0.1, -0.05) is 19.8 Å². The van der Waals surface area contributed by atoms with Crippen molar-refractivity contribution in [3.63, 3.8) is 0 Å². The molecule has 0 spiro atoms. The molecule has 1 aliphatic carbocycles. The number of nitrogen functional groups attached to an aromatic ring is 1. The maximum absolute atomic E-state index is 13.0. The van der Waals surface area contributed by atoms with Gasteiger partial charge in [-0.3, -0.25) is 9.36 Å². The fourth-order valence-corrected chi connectivity index (χ4v) is 5.52. The lowest BCUT2D eigenvalue weighted by Crippen LogP contribution is -2.45. The van der Waals surface area contributed by atoms with E-state index >= 15 is 0 Å². The molecule has 3 N–H and O–H groups in total. The molecule has 1 fully saturated rings. The van der Waals surface area contributed by atoms with Gasteiger partial charge >= 0.3 is 11.9 Å². The Morgan fingerprint density at radius 3 is 2.67 bits per heavy atom. The van der Waals surface area contributed by atoms with Crippen LogP contribution in [0, 0.1) is 0 Å². The minimum atomic E-state index is -3.02. The van der Waals surface area contributed by atoms with E-state index in [9.17, 15) is 14.2 Å². The van der Waals surface area contributed by atoms with Crippen LogP contribution in [0.4, 0.5) is 5.82 Å². The molecule has 2 aromatic rings. The van der Waals surface area contributed by atoms with Crippen LogP contribution < -0.4 is 10.8 Å². The zero-order valence-corrected chi connectivity index (χ0v) is 24.9. The number of nitrogens with two attached hydrogens (primary N) is 1. The Labute approximate surface area is 235 Å². The fraction of sp³-hybridized carbons (Fsp3) is 0.731. The first-order valence-corrected chi connectivity index (χ1v) is 15.3. The van der Waals surface area contributed by atoms with E-state index in [4.69, 9.17) is 24.5 Å². The largest absolute Gasteiger partial charge is 0.464 e. The van der Waals surface area contributed by atoms with Crippen LogP contribution in [-0.2, 0) is 39.4 Å². The van der Waals surface area contributed by atoms with Crippen LogP contribution in [0.25, 0.3) is 11.2 Å². The number of hydrogen-bond acceptors (Lipinski definition) is 11. The molecule has 0 amide bonds. The van der Waals surface area contributed by atoms with Crippen molar-refractivity contribution >= 4 is 37.1 Å². The molecule has 0 saturated heterocycles. The van der Waals surface area contributed by atoms with Gasteiger partial charge in [-0.25, -0.2) is 24.8 Å². The van der Waals surface area contributed by atoms with Crippen LogP contribution in [0.5, 0.6) is 0 Å².